The Morgan fingerprint density at radius 3 is 2.48 bits per heavy atom. The highest BCUT2D eigenvalue weighted by Gasteiger charge is 2.11. The molecule has 0 fully saturated rings. The van der Waals surface area contributed by atoms with Gasteiger partial charge in [0.1, 0.15) is 11.8 Å². The summed E-state index contributed by atoms with van der Waals surface area (Å²) in [6.45, 7) is 1.91. The number of rotatable bonds is 4. The minimum atomic E-state index is -3.45. The molecule has 0 saturated carbocycles. The number of hydrogen-bond acceptors (Lipinski definition) is 4. The largest absolute Gasteiger partial charge is 0.295 e. The molecule has 0 atom stereocenters. The second-order valence-electron chi connectivity index (χ2n) is 4.58. The van der Waals surface area contributed by atoms with E-state index in [0.717, 1.165) is 27.7 Å². The Labute approximate surface area is 132 Å². The number of aryl methyl sites for hydroxylation is 1. The number of nitriles is 1. The van der Waals surface area contributed by atoms with Gasteiger partial charge in [0.25, 0.3) is 10.1 Å². The van der Waals surface area contributed by atoms with E-state index in [1.165, 1.54) is 0 Å². The van der Waals surface area contributed by atoms with Crippen LogP contribution in [0.15, 0.2) is 34.9 Å². The molecule has 7 heteroatoms. The maximum atomic E-state index is 11.0. The Balaban J connectivity index is 2.30. The highest BCUT2D eigenvalue weighted by Crippen LogP contribution is 2.25. The average Bonchev–Trinajstić information content (AvgIpc) is 2.72. The van der Waals surface area contributed by atoms with Crippen LogP contribution in [0.1, 0.15) is 16.8 Å². The van der Waals surface area contributed by atoms with Crippen LogP contribution in [-0.2, 0) is 20.9 Å². The highest BCUT2D eigenvalue weighted by molar-refractivity contribution is 9.10. The van der Waals surface area contributed by atoms with Crippen LogP contribution in [0.3, 0.4) is 0 Å². The summed E-state index contributed by atoms with van der Waals surface area (Å²) >= 11 is 3.46. The van der Waals surface area contributed by atoms with E-state index in [9.17, 15) is 8.42 Å². The fourth-order valence-corrected chi connectivity index (χ4v) is 2.72. The first-order chi connectivity index (χ1) is 9.81. The maximum Gasteiger partial charge on any atom is 0.264 e. The van der Waals surface area contributed by atoms with E-state index in [2.05, 4.69) is 22.0 Å². The van der Waals surface area contributed by atoms with E-state index in [4.69, 9.17) is 9.44 Å². The van der Waals surface area contributed by atoms with Crippen LogP contribution in [0, 0.1) is 18.3 Å². The number of benzene rings is 1. The first-order valence-corrected chi connectivity index (χ1v) is 8.64. The molecular weight excluding hydrogens is 356 g/mol. The monoisotopic (exact) mass is 368 g/mol. The van der Waals surface area contributed by atoms with Crippen molar-refractivity contribution in [2.75, 3.05) is 6.26 Å². The molecule has 0 spiro atoms. The number of nitrogens with zero attached hydrogens (tertiary/aromatic N) is 2. The van der Waals surface area contributed by atoms with Crippen LogP contribution >= 0.6 is 15.9 Å². The van der Waals surface area contributed by atoms with Crippen molar-refractivity contribution in [1.82, 2.24) is 4.57 Å². The van der Waals surface area contributed by atoms with Crippen molar-refractivity contribution in [3.05, 3.63) is 51.8 Å². The molecule has 2 rings (SSSR count). The molecule has 0 N–H and O–H groups in total. The van der Waals surface area contributed by atoms with Crippen LogP contribution in [0.2, 0.25) is 0 Å². The lowest BCUT2D eigenvalue weighted by molar-refractivity contribution is 0.311. The van der Waals surface area contributed by atoms with E-state index < -0.39 is 10.1 Å². The second-order valence-corrected chi connectivity index (χ2v) is 6.98. The van der Waals surface area contributed by atoms with Gasteiger partial charge in [0.15, 0.2) is 0 Å². The molecule has 0 bridgehead atoms. The van der Waals surface area contributed by atoms with Crippen LogP contribution in [-0.4, -0.2) is 19.2 Å². The summed E-state index contributed by atoms with van der Waals surface area (Å²) in [4.78, 5) is 0. The number of aromatic nitrogens is 1. The molecule has 1 aromatic heterocycles. The van der Waals surface area contributed by atoms with Crippen molar-refractivity contribution in [3.63, 3.8) is 0 Å². The third kappa shape index (κ3) is 3.73. The van der Waals surface area contributed by atoms with Crippen molar-refractivity contribution < 1.29 is 12.6 Å². The summed E-state index contributed by atoms with van der Waals surface area (Å²) in [5.41, 5.74) is 3.05. The minimum Gasteiger partial charge on any atom is -0.295 e. The molecule has 21 heavy (non-hydrogen) atoms. The molecule has 0 amide bonds. The van der Waals surface area contributed by atoms with E-state index in [0.29, 0.717) is 5.69 Å². The van der Waals surface area contributed by atoms with Gasteiger partial charge in [-0.05, 0) is 52.2 Å². The average molecular weight is 369 g/mol. The molecule has 5 nitrogen and oxygen atoms in total. The van der Waals surface area contributed by atoms with Crippen LogP contribution < -0.4 is 0 Å². The smallest absolute Gasteiger partial charge is 0.264 e. The third-order valence-electron chi connectivity index (χ3n) is 2.86. The summed E-state index contributed by atoms with van der Waals surface area (Å²) in [6, 6.07) is 11.1. The predicted molar refractivity (Wildman–Crippen MR) is 82.6 cm³/mol. The molecular formula is C14H13BrN2O3S. The zero-order valence-corrected chi connectivity index (χ0v) is 13.9. The van der Waals surface area contributed by atoms with Gasteiger partial charge in [-0.3, -0.25) is 8.75 Å². The molecule has 0 aliphatic heterocycles. The van der Waals surface area contributed by atoms with E-state index in [1.54, 1.807) is 22.8 Å². The molecule has 110 valence electrons. The van der Waals surface area contributed by atoms with Gasteiger partial charge in [-0.15, -0.1) is 0 Å². The van der Waals surface area contributed by atoms with Crippen LogP contribution in [0.25, 0.3) is 5.69 Å². The Bertz CT molecular complexity index is 802. The molecule has 1 heterocycles. The molecule has 2 aromatic rings. The predicted octanol–water partition coefficient (Wildman–Crippen LogP) is 2.90. The lowest BCUT2D eigenvalue weighted by Crippen LogP contribution is -2.03. The Hall–Kier alpha value is -1.62. The van der Waals surface area contributed by atoms with E-state index >= 15 is 0 Å². The van der Waals surface area contributed by atoms with Gasteiger partial charge >= 0.3 is 0 Å². The summed E-state index contributed by atoms with van der Waals surface area (Å²) in [5, 5.41) is 9.17. The van der Waals surface area contributed by atoms with Gasteiger partial charge in [0.2, 0.25) is 0 Å². The van der Waals surface area contributed by atoms with Crippen molar-refractivity contribution in [1.29, 1.82) is 5.26 Å². The summed E-state index contributed by atoms with van der Waals surface area (Å²) in [6.07, 6.45) is 1.01. The molecule has 0 radical (unpaired) electrons. The topological polar surface area (TPSA) is 72.1 Å². The normalized spacial score (nSPS) is 11.3. The highest BCUT2D eigenvalue weighted by atomic mass is 79.9. The fraction of sp³-hybridized carbons (Fsp3) is 0.214. The lowest BCUT2D eigenvalue weighted by Gasteiger charge is -2.08. The van der Waals surface area contributed by atoms with Gasteiger partial charge in [0, 0.05) is 5.69 Å². The molecule has 0 saturated heterocycles. The number of halogens is 1. The Morgan fingerprint density at radius 2 is 1.95 bits per heavy atom. The molecule has 1 aromatic carbocycles. The van der Waals surface area contributed by atoms with Gasteiger partial charge in [-0.25, -0.2) is 0 Å². The van der Waals surface area contributed by atoms with Crippen molar-refractivity contribution in [3.8, 4) is 11.8 Å². The summed E-state index contributed by atoms with van der Waals surface area (Å²) < 4.78 is 29.3. The molecule has 0 unspecified atom stereocenters. The quantitative estimate of drug-likeness (QED) is 0.777. The first-order valence-electron chi connectivity index (χ1n) is 6.03. The SMILES string of the molecule is Cc1cc(C#N)n(-c2ccc(COS(C)(=O)=O)cc2)c1Br. The summed E-state index contributed by atoms with van der Waals surface area (Å²) in [7, 11) is -3.45. The van der Waals surface area contributed by atoms with Crippen LogP contribution in [0.4, 0.5) is 0 Å². The Kier molecular flexibility index (Phi) is 4.52. The van der Waals surface area contributed by atoms with Gasteiger partial charge in [-0.2, -0.15) is 13.7 Å². The zero-order valence-electron chi connectivity index (χ0n) is 11.5. The van der Waals surface area contributed by atoms with E-state index in [-0.39, 0.29) is 6.61 Å². The lowest BCUT2D eigenvalue weighted by atomic mass is 10.2. The molecule has 0 aliphatic carbocycles. The van der Waals surface area contributed by atoms with Crippen molar-refractivity contribution in [2.24, 2.45) is 0 Å². The fourth-order valence-electron chi connectivity index (χ4n) is 1.86. The first kappa shape index (κ1) is 15.8. The third-order valence-corrected chi connectivity index (χ3v) is 4.39. The standard InChI is InChI=1S/C14H13BrN2O3S/c1-10-7-13(8-16)17(14(10)15)12-5-3-11(4-6-12)9-20-21(2,18)19/h3-7H,9H2,1-2H3. The maximum absolute atomic E-state index is 11.0. The number of hydrogen-bond donors (Lipinski definition) is 0. The second kappa shape index (κ2) is 6.02. The van der Waals surface area contributed by atoms with Crippen molar-refractivity contribution in [2.45, 2.75) is 13.5 Å². The minimum absolute atomic E-state index is 0.00387. The van der Waals surface area contributed by atoms with E-state index in [1.807, 2.05) is 19.1 Å². The van der Waals surface area contributed by atoms with Gasteiger partial charge < -0.3 is 0 Å². The van der Waals surface area contributed by atoms with Gasteiger partial charge in [-0.1, -0.05) is 12.1 Å². The van der Waals surface area contributed by atoms with Crippen LogP contribution in [0.5, 0.6) is 0 Å². The Morgan fingerprint density at radius 1 is 1.33 bits per heavy atom. The molecule has 0 aliphatic rings. The van der Waals surface area contributed by atoms with Crippen molar-refractivity contribution >= 4 is 26.0 Å². The zero-order chi connectivity index (χ0) is 15.6. The van der Waals surface area contributed by atoms with Gasteiger partial charge in [0.05, 0.1) is 17.5 Å². The summed E-state index contributed by atoms with van der Waals surface area (Å²) in [5.74, 6) is 0.